The zero-order valence-electron chi connectivity index (χ0n) is 11.3. The number of thioether (sulfide) groups is 1. The molecule has 1 atom stereocenters. The van der Waals surface area contributed by atoms with Crippen LogP contribution < -0.4 is 14.8 Å². The molecule has 2 aliphatic rings. The van der Waals surface area contributed by atoms with Crippen molar-refractivity contribution in [3.05, 3.63) is 46.4 Å². The molecule has 21 heavy (non-hydrogen) atoms. The molecule has 0 saturated carbocycles. The molecule has 0 radical (unpaired) electrons. The Hall–Kier alpha value is -1.33. The summed E-state index contributed by atoms with van der Waals surface area (Å²) in [5.41, 5.74) is 2.41. The number of halogens is 1. The monoisotopic (exact) mass is 363 g/mol. The highest BCUT2D eigenvalue weighted by molar-refractivity contribution is 9.10. The molecule has 1 N–H and O–H groups in total. The molecule has 1 unspecified atom stereocenters. The SMILES string of the molecule is Brc1cc2c(cc1NC1CSc3ccccc31)OCCO2. The second kappa shape index (κ2) is 5.46. The van der Waals surface area contributed by atoms with Crippen molar-refractivity contribution in [1.82, 2.24) is 0 Å². The zero-order chi connectivity index (χ0) is 14.2. The Kier molecular flexibility index (Phi) is 3.47. The third-order valence-corrected chi connectivity index (χ3v) is 5.50. The van der Waals surface area contributed by atoms with Gasteiger partial charge in [-0.3, -0.25) is 0 Å². The van der Waals surface area contributed by atoms with Crippen LogP contribution in [0.1, 0.15) is 11.6 Å². The molecule has 5 heteroatoms. The quantitative estimate of drug-likeness (QED) is 0.851. The number of rotatable bonds is 2. The molecule has 0 aliphatic carbocycles. The number of nitrogens with one attached hydrogen (secondary N) is 1. The van der Waals surface area contributed by atoms with E-state index < -0.39 is 0 Å². The summed E-state index contributed by atoms with van der Waals surface area (Å²) >= 11 is 5.51. The number of anilines is 1. The van der Waals surface area contributed by atoms with Gasteiger partial charge in [-0.05, 0) is 27.6 Å². The van der Waals surface area contributed by atoms with Crippen molar-refractivity contribution in [2.24, 2.45) is 0 Å². The van der Waals surface area contributed by atoms with Gasteiger partial charge in [0, 0.05) is 27.3 Å². The number of benzene rings is 2. The normalized spacial score (nSPS) is 19.2. The van der Waals surface area contributed by atoms with Gasteiger partial charge in [-0.15, -0.1) is 11.8 Å². The second-order valence-electron chi connectivity index (χ2n) is 5.02. The fourth-order valence-corrected chi connectivity index (χ4v) is 4.24. The van der Waals surface area contributed by atoms with Gasteiger partial charge in [0.05, 0.1) is 11.7 Å². The first-order valence-electron chi connectivity index (χ1n) is 6.89. The Balaban J connectivity index is 1.63. The van der Waals surface area contributed by atoms with Crippen LogP contribution in [-0.2, 0) is 0 Å². The summed E-state index contributed by atoms with van der Waals surface area (Å²) in [6.45, 7) is 1.22. The highest BCUT2D eigenvalue weighted by Crippen LogP contribution is 2.43. The molecule has 2 heterocycles. The number of fused-ring (bicyclic) bond motifs is 2. The minimum Gasteiger partial charge on any atom is -0.486 e. The van der Waals surface area contributed by atoms with Crippen LogP contribution in [0.2, 0.25) is 0 Å². The van der Waals surface area contributed by atoms with Gasteiger partial charge in [0.1, 0.15) is 13.2 Å². The smallest absolute Gasteiger partial charge is 0.163 e. The molecular formula is C16H14BrNO2S. The van der Waals surface area contributed by atoms with Crippen molar-refractivity contribution in [1.29, 1.82) is 0 Å². The van der Waals surface area contributed by atoms with Crippen molar-refractivity contribution in [3.8, 4) is 11.5 Å². The third kappa shape index (κ3) is 2.49. The maximum Gasteiger partial charge on any atom is 0.163 e. The van der Waals surface area contributed by atoms with Crippen LogP contribution in [0.15, 0.2) is 45.8 Å². The van der Waals surface area contributed by atoms with Crippen LogP contribution in [0, 0.1) is 0 Å². The summed E-state index contributed by atoms with van der Waals surface area (Å²) in [4.78, 5) is 1.36. The summed E-state index contributed by atoms with van der Waals surface area (Å²) < 4.78 is 12.3. The lowest BCUT2D eigenvalue weighted by atomic mass is 10.1. The number of hydrogen-bond acceptors (Lipinski definition) is 4. The van der Waals surface area contributed by atoms with Crippen LogP contribution in [0.25, 0.3) is 0 Å². The van der Waals surface area contributed by atoms with Crippen LogP contribution >= 0.6 is 27.7 Å². The van der Waals surface area contributed by atoms with Gasteiger partial charge in [0.25, 0.3) is 0 Å². The fraction of sp³-hybridized carbons (Fsp3) is 0.250. The summed E-state index contributed by atoms with van der Waals surface area (Å²) in [6, 6.07) is 12.9. The van der Waals surface area contributed by atoms with E-state index in [4.69, 9.17) is 9.47 Å². The van der Waals surface area contributed by atoms with E-state index >= 15 is 0 Å². The number of ether oxygens (including phenoxy) is 2. The molecule has 0 spiro atoms. The number of hydrogen-bond donors (Lipinski definition) is 1. The summed E-state index contributed by atoms with van der Waals surface area (Å²) in [7, 11) is 0. The molecule has 0 saturated heterocycles. The molecule has 0 aromatic heterocycles. The first kappa shape index (κ1) is 13.3. The maximum atomic E-state index is 5.66. The van der Waals surface area contributed by atoms with Gasteiger partial charge in [-0.2, -0.15) is 0 Å². The van der Waals surface area contributed by atoms with E-state index in [1.807, 2.05) is 23.9 Å². The molecule has 0 bridgehead atoms. The average Bonchev–Trinajstić information content (AvgIpc) is 2.91. The van der Waals surface area contributed by atoms with Crippen molar-refractivity contribution >= 4 is 33.4 Å². The summed E-state index contributed by atoms with van der Waals surface area (Å²) in [5, 5.41) is 3.61. The van der Waals surface area contributed by atoms with E-state index in [2.05, 4.69) is 45.5 Å². The van der Waals surface area contributed by atoms with Crippen LogP contribution in [-0.4, -0.2) is 19.0 Å². The van der Waals surface area contributed by atoms with Crippen molar-refractivity contribution in [2.75, 3.05) is 24.3 Å². The van der Waals surface area contributed by atoms with Crippen molar-refractivity contribution < 1.29 is 9.47 Å². The molecule has 2 aromatic rings. The topological polar surface area (TPSA) is 30.5 Å². The van der Waals surface area contributed by atoms with Crippen LogP contribution in [0.3, 0.4) is 0 Å². The molecule has 108 valence electrons. The standard InChI is InChI=1S/C16H14BrNO2S/c17-11-7-14-15(20-6-5-19-14)8-12(11)18-13-9-21-16-4-2-1-3-10(13)16/h1-4,7-8,13,18H,5-6,9H2. The molecule has 2 aliphatic heterocycles. The van der Waals surface area contributed by atoms with E-state index in [1.165, 1.54) is 10.5 Å². The predicted molar refractivity (Wildman–Crippen MR) is 88.7 cm³/mol. The molecule has 0 amide bonds. The third-order valence-electron chi connectivity index (χ3n) is 3.66. The summed E-state index contributed by atoms with van der Waals surface area (Å²) in [6.07, 6.45) is 0. The minimum atomic E-state index is 0.324. The van der Waals surface area contributed by atoms with Gasteiger partial charge < -0.3 is 14.8 Å². The molecular weight excluding hydrogens is 350 g/mol. The van der Waals surface area contributed by atoms with Gasteiger partial charge in [0.15, 0.2) is 11.5 Å². The van der Waals surface area contributed by atoms with Gasteiger partial charge in [0.2, 0.25) is 0 Å². The summed E-state index contributed by atoms with van der Waals surface area (Å²) in [5.74, 6) is 2.66. The molecule has 2 aromatic carbocycles. The Labute approximate surface area is 136 Å². The predicted octanol–water partition coefficient (Wildman–Crippen LogP) is 4.48. The lowest BCUT2D eigenvalue weighted by molar-refractivity contribution is 0.171. The van der Waals surface area contributed by atoms with Gasteiger partial charge in [-0.1, -0.05) is 18.2 Å². The van der Waals surface area contributed by atoms with Crippen LogP contribution in [0.4, 0.5) is 5.69 Å². The molecule has 0 fully saturated rings. The highest BCUT2D eigenvalue weighted by atomic mass is 79.9. The lowest BCUT2D eigenvalue weighted by Crippen LogP contribution is -2.16. The fourth-order valence-electron chi connectivity index (χ4n) is 2.64. The van der Waals surface area contributed by atoms with E-state index in [9.17, 15) is 0 Å². The minimum absolute atomic E-state index is 0.324. The van der Waals surface area contributed by atoms with E-state index in [1.54, 1.807) is 0 Å². The van der Waals surface area contributed by atoms with E-state index in [-0.39, 0.29) is 0 Å². The van der Waals surface area contributed by atoms with E-state index in [0.29, 0.717) is 19.3 Å². The van der Waals surface area contributed by atoms with Crippen LogP contribution in [0.5, 0.6) is 11.5 Å². The maximum absolute atomic E-state index is 5.66. The molecule has 4 rings (SSSR count). The highest BCUT2D eigenvalue weighted by Gasteiger charge is 2.24. The van der Waals surface area contributed by atoms with E-state index in [0.717, 1.165) is 27.4 Å². The first-order valence-corrected chi connectivity index (χ1v) is 8.66. The Bertz CT molecular complexity index is 692. The van der Waals surface area contributed by atoms with Gasteiger partial charge >= 0.3 is 0 Å². The Morgan fingerprint density at radius 1 is 1.10 bits per heavy atom. The largest absolute Gasteiger partial charge is 0.486 e. The lowest BCUT2D eigenvalue weighted by Gasteiger charge is -2.22. The van der Waals surface area contributed by atoms with Crippen molar-refractivity contribution in [2.45, 2.75) is 10.9 Å². The zero-order valence-corrected chi connectivity index (χ0v) is 13.7. The van der Waals surface area contributed by atoms with Crippen molar-refractivity contribution in [3.63, 3.8) is 0 Å². The molecule has 3 nitrogen and oxygen atoms in total. The second-order valence-corrected chi connectivity index (χ2v) is 6.94. The van der Waals surface area contributed by atoms with Gasteiger partial charge in [-0.25, -0.2) is 0 Å². The Morgan fingerprint density at radius 3 is 2.71 bits per heavy atom. The Morgan fingerprint density at radius 2 is 1.86 bits per heavy atom. The first-order chi connectivity index (χ1) is 10.3. The average molecular weight is 364 g/mol.